The van der Waals surface area contributed by atoms with Crippen molar-refractivity contribution in [3.8, 4) is 11.5 Å². The molecule has 0 aromatic heterocycles. The molecule has 0 aliphatic carbocycles. The van der Waals surface area contributed by atoms with E-state index in [9.17, 15) is 24.8 Å². The minimum atomic E-state index is -1.11. The smallest absolute Gasteiger partial charge is 0.269 e. The van der Waals surface area contributed by atoms with Gasteiger partial charge in [0.25, 0.3) is 11.6 Å². The number of nitrogens with zero attached hydrogens (tertiary/aromatic N) is 3. The Kier molecular flexibility index (Phi) is 6.10. The maximum atomic E-state index is 13.7. The van der Waals surface area contributed by atoms with Gasteiger partial charge in [-0.1, -0.05) is 18.2 Å². The predicted molar refractivity (Wildman–Crippen MR) is 133 cm³/mol. The molecule has 2 aliphatic rings. The van der Waals surface area contributed by atoms with Crippen LogP contribution in [0.1, 0.15) is 18.5 Å². The number of amides is 2. The lowest BCUT2D eigenvalue weighted by Gasteiger charge is -2.29. The number of anilines is 2. The third kappa shape index (κ3) is 3.86. The molecule has 0 spiro atoms. The fourth-order valence-corrected chi connectivity index (χ4v) is 5.02. The Labute approximate surface area is 213 Å². The maximum absolute atomic E-state index is 13.7. The van der Waals surface area contributed by atoms with Gasteiger partial charge in [-0.3, -0.25) is 24.5 Å². The lowest BCUT2D eigenvalue weighted by Crippen LogP contribution is -2.37. The van der Waals surface area contributed by atoms with Crippen molar-refractivity contribution in [2.45, 2.75) is 19.1 Å². The number of nitro benzene ring substituents is 1. The van der Waals surface area contributed by atoms with E-state index in [0.29, 0.717) is 22.3 Å². The predicted octanol–water partition coefficient (Wildman–Crippen LogP) is 4.51. The number of imide groups is 1. The monoisotopic (exact) mass is 553 g/mol. The summed E-state index contributed by atoms with van der Waals surface area (Å²) in [6, 6.07) is 16.8. The molecule has 0 radical (unpaired) electrons. The van der Waals surface area contributed by atoms with E-state index in [1.807, 2.05) is 18.2 Å². The van der Waals surface area contributed by atoms with Crippen molar-refractivity contribution in [1.29, 1.82) is 0 Å². The Hall–Kier alpha value is -3.96. The van der Waals surface area contributed by atoms with Crippen LogP contribution in [0.2, 0.25) is 0 Å². The largest absolute Gasteiger partial charge is 0.503 e. The van der Waals surface area contributed by atoms with Crippen LogP contribution in [0.15, 0.2) is 71.2 Å². The Morgan fingerprint density at radius 2 is 1.75 bits per heavy atom. The number of hydrogen-bond acceptors (Lipinski definition) is 8. The zero-order valence-electron chi connectivity index (χ0n) is 18.9. The van der Waals surface area contributed by atoms with Crippen molar-refractivity contribution >= 4 is 44.8 Å². The maximum Gasteiger partial charge on any atom is 0.269 e. The number of halogens is 1. The Morgan fingerprint density at radius 3 is 2.39 bits per heavy atom. The van der Waals surface area contributed by atoms with Crippen molar-refractivity contribution < 1.29 is 29.2 Å². The van der Waals surface area contributed by atoms with Crippen LogP contribution in [-0.2, 0) is 14.4 Å². The number of nitro groups is 1. The average Bonchev–Trinajstić information content (AvgIpc) is 3.38. The van der Waals surface area contributed by atoms with E-state index in [4.69, 9.17) is 9.57 Å². The van der Waals surface area contributed by atoms with Crippen LogP contribution in [0, 0.1) is 16.0 Å². The molecule has 1 N–H and O–H groups in total. The van der Waals surface area contributed by atoms with Gasteiger partial charge in [0.2, 0.25) is 5.91 Å². The van der Waals surface area contributed by atoms with E-state index >= 15 is 0 Å². The Balaban J connectivity index is 1.59. The number of carbonyl (C=O) groups is 2. The van der Waals surface area contributed by atoms with Gasteiger partial charge < -0.3 is 9.84 Å². The second kappa shape index (κ2) is 9.25. The number of rotatable bonds is 6. The highest BCUT2D eigenvalue weighted by atomic mass is 79.9. The lowest BCUT2D eigenvalue weighted by atomic mass is 9.90. The second-order valence-corrected chi connectivity index (χ2v) is 9.08. The highest BCUT2D eigenvalue weighted by molar-refractivity contribution is 9.10. The molecule has 184 valence electrons. The molecule has 2 amide bonds. The molecule has 10 nitrogen and oxygen atoms in total. The van der Waals surface area contributed by atoms with Crippen LogP contribution >= 0.6 is 15.9 Å². The van der Waals surface area contributed by atoms with Gasteiger partial charge in [-0.05, 0) is 64.8 Å². The van der Waals surface area contributed by atoms with Crippen molar-refractivity contribution in [2.75, 3.05) is 16.6 Å². The van der Waals surface area contributed by atoms with Crippen molar-refractivity contribution in [3.05, 3.63) is 86.9 Å². The van der Waals surface area contributed by atoms with Gasteiger partial charge in [-0.2, -0.15) is 0 Å². The quantitative estimate of drug-likeness (QED) is 0.268. The standard InChI is InChI=1S/C25H20BrN3O7/c1-2-35-19-13-14(12-18(26)22(19)30)21-20-23(36-28(21)16-6-4-3-5-7-16)25(32)27(24(20)31)15-8-10-17(11-9-15)29(33)34/h3-13,20-21,23,30H,2H2,1H3/t20-,21-,23+/m1/s1. The number of non-ortho nitro benzene ring substituents is 1. The van der Waals surface area contributed by atoms with E-state index in [1.54, 1.807) is 31.2 Å². The topological polar surface area (TPSA) is 122 Å². The lowest BCUT2D eigenvalue weighted by molar-refractivity contribution is -0.384. The van der Waals surface area contributed by atoms with E-state index in [0.717, 1.165) is 4.90 Å². The summed E-state index contributed by atoms with van der Waals surface area (Å²) in [5.74, 6) is -1.83. The molecule has 11 heteroatoms. The molecule has 2 aliphatic heterocycles. The van der Waals surface area contributed by atoms with Gasteiger partial charge in [0, 0.05) is 12.1 Å². The minimum absolute atomic E-state index is 0.0799. The van der Waals surface area contributed by atoms with Crippen LogP contribution in [0.3, 0.4) is 0 Å². The number of fused-ring (bicyclic) bond motifs is 1. The number of ether oxygens (including phenoxy) is 1. The van der Waals surface area contributed by atoms with Gasteiger partial charge in [0.1, 0.15) is 5.92 Å². The molecule has 0 saturated carbocycles. The van der Waals surface area contributed by atoms with E-state index < -0.39 is 34.8 Å². The highest BCUT2D eigenvalue weighted by Gasteiger charge is 2.60. The summed E-state index contributed by atoms with van der Waals surface area (Å²) < 4.78 is 5.95. The molecule has 3 aromatic rings. The van der Waals surface area contributed by atoms with Crippen molar-refractivity contribution in [2.24, 2.45) is 5.92 Å². The molecule has 36 heavy (non-hydrogen) atoms. The van der Waals surface area contributed by atoms with Crippen LogP contribution in [0.4, 0.5) is 17.1 Å². The molecule has 5 rings (SSSR count). The van der Waals surface area contributed by atoms with E-state index in [-0.39, 0.29) is 22.9 Å². The first-order valence-corrected chi connectivity index (χ1v) is 11.9. The molecule has 2 saturated heterocycles. The van der Waals surface area contributed by atoms with Gasteiger partial charge in [-0.25, -0.2) is 9.96 Å². The summed E-state index contributed by atoms with van der Waals surface area (Å²) in [5.41, 5.74) is 1.30. The molecule has 3 aromatic carbocycles. The fourth-order valence-electron chi connectivity index (χ4n) is 4.56. The summed E-state index contributed by atoms with van der Waals surface area (Å²) >= 11 is 3.35. The normalized spacial score (nSPS) is 21.1. The fraction of sp³-hybridized carbons (Fsp3) is 0.200. The molecule has 0 bridgehead atoms. The van der Waals surface area contributed by atoms with E-state index in [1.165, 1.54) is 29.3 Å². The van der Waals surface area contributed by atoms with Crippen LogP contribution in [0.25, 0.3) is 0 Å². The third-order valence-electron chi connectivity index (χ3n) is 6.14. The number of phenols is 1. The van der Waals surface area contributed by atoms with Crippen LogP contribution < -0.4 is 14.7 Å². The van der Waals surface area contributed by atoms with Gasteiger partial charge in [0.15, 0.2) is 17.6 Å². The molecular formula is C25H20BrN3O7. The van der Waals surface area contributed by atoms with Gasteiger partial charge in [-0.15, -0.1) is 0 Å². The molecule has 2 fully saturated rings. The number of aromatic hydroxyl groups is 1. The SMILES string of the molecule is CCOc1cc([C@@H]2[C@H]3C(=O)N(c4ccc([N+](=O)[O-])cc4)C(=O)[C@H]3ON2c2ccccc2)cc(Br)c1O. The first kappa shape index (κ1) is 23.8. The third-order valence-corrected chi connectivity index (χ3v) is 6.74. The summed E-state index contributed by atoms with van der Waals surface area (Å²) in [7, 11) is 0. The zero-order valence-corrected chi connectivity index (χ0v) is 20.5. The number of carbonyl (C=O) groups excluding carboxylic acids is 2. The van der Waals surface area contributed by atoms with E-state index in [2.05, 4.69) is 15.9 Å². The summed E-state index contributed by atoms with van der Waals surface area (Å²) in [4.78, 5) is 44.7. The molecular weight excluding hydrogens is 534 g/mol. The van der Waals surface area contributed by atoms with Crippen molar-refractivity contribution in [3.63, 3.8) is 0 Å². The minimum Gasteiger partial charge on any atom is -0.503 e. The second-order valence-electron chi connectivity index (χ2n) is 8.23. The number of para-hydroxylation sites is 1. The summed E-state index contributed by atoms with van der Waals surface area (Å²) in [6.45, 7) is 2.09. The highest BCUT2D eigenvalue weighted by Crippen LogP contribution is 2.49. The summed E-state index contributed by atoms with van der Waals surface area (Å²) in [6.07, 6.45) is -1.11. The van der Waals surface area contributed by atoms with Crippen molar-refractivity contribution in [1.82, 2.24) is 0 Å². The number of phenolic OH excluding ortho intramolecular Hbond substituents is 1. The number of hydroxylamine groups is 1. The average molecular weight is 554 g/mol. The van der Waals surface area contributed by atoms with Crippen LogP contribution in [0.5, 0.6) is 11.5 Å². The molecule has 0 unspecified atom stereocenters. The molecule has 3 atom stereocenters. The number of benzene rings is 3. The van der Waals surface area contributed by atoms with Crippen LogP contribution in [-0.4, -0.2) is 34.6 Å². The zero-order chi connectivity index (χ0) is 25.6. The van der Waals surface area contributed by atoms with Gasteiger partial charge in [0.05, 0.1) is 33.4 Å². The van der Waals surface area contributed by atoms with Gasteiger partial charge >= 0.3 is 0 Å². The Bertz CT molecular complexity index is 1350. The Morgan fingerprint density at radius 1 is 1.06 bits per heavy atom. The first-order chi connectivity index (χ1) is 17.3. The first-order valence-electron chi connectivity index (χ1n) is 11.1. The number of hydrogen-bond donors (Lipinski definition) is 1. The summed E-state index contributed by atoms with van der Waals surface area (Å²) in [5, 5.41) is 23.0. The molecule has 2 heterocycles.